The molecule has 0 N–H and O–H groups in total. The molecule has 78 valence electrons. The summed E-state index contributed by atoms with van der Waals surface area (Å²) in [6.07, 6.45) is 3.89. The summed E-state index contributed by atoms with van der Waals surface area (Å²) in [4.78, 5) is 3.79. The molecule has 0 aliphatic carbocycles. The van der Waals surface area contributed by atoms with Crippen LogP contribution in [0.5, 0.6) is 0 Å². The summed E-state index contributed by atoms with van der Waals surface area (Å²) in [5.74, 6) is 0. The molecule has 0 radical (unpaired) electrons. The first-order valence-electron chi connectivity index (χ1n) is 5.05. The Morgan fingerprint density at radius 3 is 2.33 bits per heavy atom. The van der Waals surface area contributed by atoms with Crippen molar-refractivity contribution in [1.82, 2.24) is 0 Å². The third kappa shape index (κ3) is 2.91. The zero-order valence-electron chi connectivity index (χ0n) is 9.62. The van der Waals surface area contributed by atoms with Crippen LogP contribution in [-0.2, 0) is 0 Å². The van der Waals surface area contributed by atoms with E-state index in [2.05, 4.69) is 49.0 Å². The second-order valence-corrected chi connectivity index (χ2v) is 3.56. The molecule has 0 fully saturated rings. The number of nitrogens with zero attached hydrogens (tertiary/aromatic N) is 1. The fourth-order valence-corrected chi connectivity index (χ4v) is 1.56. The molecule has 0 saturated heterocycles. The van der Waals surface area contributed by atoms with Gasteiger partial charge in [0.15, 0.2) is 0 Å². The maximum absolute atomic E-state index is 3.79. The highest BCUT2D eigenvalue weighted by Crippen LogP contribution is 2.22. The van der Waals surface area contributed by atoms with Crippen LogP contribution in [-0.4, -0.2) is 6.72 Å². The monoisotopic (exact) mass is 199 g/mol. The number of benzene rings is 1. The van der Waals surface area contributed by atoms with Gasteiger partial charge in [-0.2, -0.15) is 0 Å². The predicted molar refractivity (Wildman–Crippen MR) is 68.1 cm³/mol. The molecule has 1 heteroatoms. The first-order valence-corrected chi connectivity index (χ1v) is 5.05. The minimum Gasteiger partial charge on any atom is -0.272 e. The number of aryl methyl sites for hydroxylation is 1. The maximum atomic E-state index is 3.79. The highest BCUT2D eigenvalue weighted by Gasteiger charge is 2.01. The highest BCUT2D eigenvalue weighted by molar-refractivity contribution is 5.78. The molecule has 1 nitrogen and oxygen atoms in total. The van der Waals surface area contributed by atoms with Gasteiger partial charge in [-0.05, 0) is 44.2 Å². The average molecular weight is 199 g/mol. The van der Waals surface area contributed by atoms with Crippen LogP contribution in [0.15, 0.2) is 47.1 Å². The van der Waals surface area contributed by atoms with Crippen molar-refractivity contribution in [2.75, 3.05) is 0 Å². The van der Waals surface area contributed by atoms with Gasteiger partial charge in [-0.3, -0.25) is 4.99 Å². The molecule has 0 bridgehead atoms. The van der Waals surface area contributed by atoms with Gasteiger partial charge in [0, 0.05) is 6.20 Å². The van der Waals surface area contributed by atoms with Crippen molar-refractivity contribution < 1.29 is 0 Å². The van der Waals surface area contributed by atoms with Crippen molar-refractivity contribution in [3.8, 4) is 0 Å². The molecule has 0 aliphatic rings. The Labute approximate surface area is 91.9 Å². The van der Waals surface area contributed by atoms with E-state index in [4.69, 9.17) is 0 Å². The molecule has 1 aromatic rings. The van der Waals surface area contributed by atoms with Crippen LogP contribution in [0.25, 0.3) is 5.57 Å². The molecule has 1 rings (SSSR count). The molecular weight excluding hydrogens is 182 g/mol. The fraction of sp³-hybridized carbons (Fsp3) is 0.214. The van der Waals surface area contributed by atoms with Crippen LogP contribution in [0.2, 0.25) is 0 Å². The van der Waals surface area contributed by atoms with Gasteiger partial charge in [-0.1, -0.05) is 35.9 Å². The Kier molecular flexibility index (Phi) is 4.04. The molecule has 0 spiro atoms. The number of hydrogen-bond acceptors (Lipinski definition) is 1. The van der Waals surface area contributed by atoms with E-state index in [1.165, 1.54) is 16.7 Å². The van der Waals surface area contributed by atoms with Crippen LogP contribution in [0.4, 0.5) is 0 Å². The third-order valence-electron chi connectivity index (χ3n) is 2.36. The number of aliphatic imine (C=N–C) groups is 1. The summed E-state index contributed by atoms with van der Waals surface area (Å²) in [5, 5.41) is 0. The first-order chi connectivity index (χ1) is 7.19. The van der Waals surface area contributed by atoms with E-state index in [1.807, 2.05) is 13.8 Å². The van der Waals surface area contributed by atoms with Crippen molar-refractivity contribution in [2.24, 2.45) is 4.99 Å². The highest BCUT2D eigenvalue weighted by atomic mass is 14.6. The molecule has 0 aromatic heterocycles. The van der Waals surface area contributed by atoms with Crippen LogP contribution in [0.1, 0.15) is 25.0 Å². The van der Waals surface area contributed by atoms with E-state index in [1.54, 1.807) is 6.20 Å². The van der Waals surface area contributed by atoms with Gasteiger partial charge in [0.25, 0.3) is 0 Å². The number of hydrogen-bond donors (Lipinski definition) is 0. The summed E-state index contributed by atoms with van der Waals surface area (Å²) in [6.45, 7) is 9.64. The second-order valence-electron chi connectivity index (χ2n) is 3.56. The molecule has 0 amide bonds. The Balaban J connectivity index is 3.09. The summed E-state index contributed by atoms with van der Waals surface area (Å²) in [7, 11) is 0. The molecule has 0 heterocycles. The van der Waals surface area contributed by atoms with Crippen molar-refractivity contribution in [2.45, 2.75) is 20.8 Å². The van der Waals surface area contributed by atoms with Gasteiger partial charge < -0.3 is 0 Å². The first kappa shape index (κ1) is 11.4. The summed E-state index contributed by atoms with van der Waals surface area (Å²) < 4.78 is 0. The number of allylic oxidation sites excluding steroid dienone is 3. The molecule has 0 unspecified atom stereocenters. The second kappa shape index (κ2) is 5.30. The lowest BCUT2D eigenvalue weighted by molar-refractivity contribution is 1.40. The number of rotatable bonds is 3. The topological polar surface area (TPSA) is 12.4 Å². The molecule has 0 atom stereocenters. The minimum absolute atomic E-state index is 1.14. The van der Waals surface area contributed by atoms with E-state index in [-0.39, 0.29) is 0 Å². The largest absolute Gasteiger partial charge is 0.272 e. The smallest absolute Gasteiger partial charge is 0.0295 e. The summed E-state index contributed by atoms with van der Waals surface area (Å²) >= 11 is 0. The van der Waals surface area contributed by atoms with Gasteiger partial charge >= 0.3 is 0 Å². The molecule has 1 aromatic carbocycles. The summed E-state index contributed by atoms with van der Waals surface area (Å²) in [6, 6.07) is 8.50. The standard InChI is InChI=1S/C14H17N/c1-5-14(12(3)10-15-4)13-8-6-11(2)7-9-13/h5-10H,4H2,1-3H3/b12-10-,14-5+. The average Bonchev–Trinajstić information content (AvgIpc) is 2.22. The molecular formula is C14H17N. The third-order valence-corrected chi connectivity index (χ3v) is 2.36. The SMILES string of the molecule is C=N/C=C(C)\C(=C/C)c1ccc(C)cc1. The minimum atomic E-state index is 1.14. The van der Waals surface area contributed by atoms with E-state index in [9.17, 15) is 0 Å². The Morgan fingerprint density at radius 2 is 1.87 bits per heavy atom. The quantitative estimate of drug-likeness (QED) is 0.515. The van der Waals surface area contributed by atoms with Gasteiger partial charge in [-0.25, -0.2) is 0 Å². The van der Waals surface area contributed by atoms with Gasteiger partial charge in [0.2, 0.25) is 0 Å². The Bertz CT molecular complexity index is 394. The van der Waals surface area contributed by atoms with E-state index in [0.717, 1.165) is 5.57 Å². The maximum Gasteiger partial charge on any atom is 0.0295 e. The van der Waals surface area contributed by atoms with E-state index in [0.29, 0.717) is 0 Å². The van der Waals surface area contributed by atoms with Gasteiger partial charge in [0.05, 0.1) is 0 Å². The lowest BCUT2D eigenvalue weighted by Crippen LogP contribution is -1.86. The molecule has 15 heavy (non-hydrogen) atoms. The Hall–Kier alpha value is -1.63. The van der Waals surface area contributed by atoms with E-state index < -0.39 is 0 Å². The van der Waals surface area contributed by atoms with Crippen LogP contribution in [0.3, 0.4) is 0 Å². The van der Waals surface area contributed by atoms with Crippen LogP contribution in [0, 0.1) is 6.92 Å². The normalized spacial score (nSPS) is 12.7. The van der Waals surface area contributed by atoms with Crippen molar-refractivity contribution in [1.29, 1.82) is 0 Å². The van der Waals surface area contributed by atoms with Crippen molar-refractivity contribution in [3.05, 3.63) is 53.2 Å². The van der Waals surface area contributed by atoms with Crippen molar-refractivity contribution >= 4 is 12.3 Å². The van der Waals surface area contributed by atoms with Crippen molar-refractivity contribution in [3.63, 3.8) is 0 Å². The lowest BCUT2D eigenvalue weighted by Gasteiger charge is -2.07. The molecule has 0 aliphatic heterocycles. The van der Waals surface area contributed by atoms with Crippen LogP contribution >= 0.6 is 0 Å². The van der Waals surface area contributed by atoms with Crippen LogP contribution < -0.4 is 0 Å². The van der Waals surface area contributed by atoms with E-state index >= 15 is 0 Å². The lowest BCUT2D eigenvalue weighted by atomic mass is 9.98. The fourth-order valence-electron chi connectivity index (χ4n) is 1.56. The molecule has 0 saturated carbocycles. The zero-order valence-corrected chi connectivity index (χ0v) is 9.62. The van der Waals surface area contributed by atoms with Gasteiger partial charge in [0.1, 0.15) is 0 Å². The zero-order chi connectivity index (χ0) is 11.3. The van der Waals surface area contributed by atoms with Gasteiger partial charge in [-0.15, -0.1) is 0 Å². The summed E-state index contributed by atoms with van der Waals surface area (Å²) in [5.41, 5.74) is 4.84. The predicted octanol–water partition coefficient (Wildman–Crippen LogP) is 4.00. The Morgan fingerprint density at radius 1 is 1.27 bits per heavy atom.